The van der Waals surface area contributed by atoms with Gasteiger partial charge in [-0.05, 0) is 30.3 Å². The number of alkyl halides is 3. The van der Waals surface area contributed by atoms with Gasteiger partial charge in [0.2, 0.25) is 9.84 Å². The number of benzene rings is 1. The third kappa shape index (κ3) is 3.27. The molecule has 0 saturated carbocycles. The van der Waals surface area contributed by atoms with Crippen LogP contribution in [0.25, 0.3) is 5.82 Å². The van der Waals surface area contributed by atoms with Crippen LogP contribution in [-0.2, 0) is 16.0 Å². The van der Waals surface area contributed by atoms with E-state index in [-0.39, 0.29) is 20.8 Å². The highest BCUT2D eigenvalue weighted by atomic mass is 35.5. The lowest BCUT2D eigenvalue weighted by molar-refractivity contribution is -0.137. The number of nitrogens with zero attached hydrogens (tertiary/aromatic N) is 2. The van der Waals surface area contributed by atoms with E-state index >= 15 is 0 Å². The zero-order valence-electron chi connectivity index (χ0n) is 12.4. The molecule has 25 heavy (non-hydrogen) atoms. The molecule has 2 heterocycles. The molecule has 0 spiro atoms. The summed E-state index contributed by atoms with van der Waals surface area (Å²) in [4.78, 5) is 3.76. The summed E-state index contributed by atoms with van der Waals surface area (Å²) in [5.41, 5.74) is -1.01. The predicted octanol–water partition coefficient (Wildman–Crippen LogP) is 4.38. The van der Waals surface area contributed by atoms with Crippen LogP contribution in [0.1, 0.15) is 5.56 Å². The zero-order chi connectivity index (χ0) is 18.2. The second kappa shape index (κ2) is 6.20. The highest BCUT2D eigenvalue weighted by molar-refractivity contribution is 7.91. The van der Waals surface area contributed by atoms with Crippen molar-refractivity contribution in [1.29, 1.82) is 0 Å². The largest absolute Gasteiger partial charge is 0.417 e. The Morgan fingerprint density at radius 3 is 2.32 bits per heavy atom. The highest BCUT2D eigenvalue weighted by Crippen LogP contribution is 2.33. The van der Waals surface area contributed by atoms with Crippen LogP contribution in [0.3, 0.4) is 0 Å². The first kappa shape index (κ1) is 17.5. The summed E-state index contributed by atoms with van der Waals surface area (Å²) in [6.45, 7) is 0. The van der Waals surface area contributed by atoms with Gasteiger partial charge >= 0.3 is 6.18 Å². The van der Waals surface area contributed by atoms with Crippen molar-refractivity contribution < 1.29 is 21.6 Å². The summed E-state index contributed by atoms with van der Waals surface area (Å²) in [6.07, 6.45) is -2.61. The molecule has 9 heteroatoms. The molecule has 0 fully saturated rings. The number of hydrogen-bond donors (Lipinski definition) is 0. The van der Waals surface area contributed by atoms with Gasteiger partial charge in [0.15, 0.2) is 5.82 Å². The second-order valence-corrected chi connectivity index (χ2v) is 7.36. The number of rotatable bonds is 3. The third-order valence-corrected chi connectivity index (χ3v) is 5.47. The van der Waals surface area contributed by atoms with Crippen molar-refractivity contribution in [3.63, 3.8) is 0 Å². The van der Waals surface area contributed by atoms with Crippen molar-refractivity contribution in [3.05, 3.63) is 71.5 Å². The van der Waals surface area contributed by atoms with Crippen molar-refractivity contribution in [3.8, 4) is 5.82 Å². The van der Waals surface area contributed by atoms with E-state index < -0.39 is 21.6 Å². The van der Waals surface area contributed by atoms with E-state index in [1.165, 1.54) is 30.5 Å². The Kier molecular flexibility index (Phi) is 4.34. The van der Waals surface area contributed by atoms with Crippen molar-refractivity contribution >= 4 is 21.4 Å². The summed E-state index contributed by atoms with van der Waals surface area (Å²) >= 11 is 5.92. The van der Waals surface area contributed by atoms with Crippen LogP contribution in [0.15, 0.2) is 70.8 Å². The first-order chi connectivity index (χ1) is 11.7. The summed E-state index contributed by atoms with van der Waals surface area (Å²) in [5.74, 6) is -0.103. The maximum atomic E-state index is 12.8. The van der Waals surface area contributed by atoms with Gasteiger partial charge in [-0.2, -0.15) is 13.2 Å². The summed E-state index contributed by atoms with van der Waals surface area (Å²) < 4.78 is 64.8. The Balaban J connectivity index is 2.12. The smallest absolute Gasteiger partial charge is 0.290 e. The Labute approximate surface area is 146 Å². The van der Waals surface area contributed by atoms with Crippen LogP contribution < -0.4 is 0 Å². The Morgan fingerprint density at radius 1 is 1.04 bits per heavy atom. The van der Waals surface area contributed by atoms with E-state index in [0.29, 0.717) is 12.3 Å². The molecule has 0 saturated heterocycles. The van der Waals surface area contributed by atoms with E-state index in [9.17, 15) is 21.6 Å². The van der Waals surface area contributed by atoms with Gasteiger partial charge in [0.25, 0.3) is 0 Å². The van der Waals surface area contributed by atoms with Gasteiger partial charge in [0.05, 0.1) is 15.5 Å². The molecule has 0 aliphatic heterocycles. The van der Waals surface area contributed by atoms with Gasteiger partial charge in [-0.25, -0.2) is 13.4 Å². The zero-order valence-corrected chi connectivity index (χ0v) is 14.0. The molecule has 0 bridgehead atoms. The van der Waals surface area contributed by atoms with Crippen LogP contribution in [0, 0.1) is 0 Å². The number of sulfone groups is 1. The minimum absolute atomic E-state index is 0.0537. The van der Waals surface area contributed by atoms with Crippen molar-refractivity contribution in [2.24, 2.45) is 0 Å². The molecule has 0 unspecified atom stereocenters. The number of pyridine rings is 1. The van der Waals surface area contributed by atoms with E-state index in [1.807, 2.05) is 0 Å². The summed E-state index contributed by atoms with van der Waals surface area (Å²) in [5, 5.41) is -0.455. The fourth-order valence-electron chi connectivity index (χ4n) is 2.24. The Bertz CT molecular complexity index is 1020. The molecule has 0 aliphatic rings. The third-order valence-electron chi connectivity index (χ3n) is 3.42. The molecule has 2 aromatic heterocycles. The summed E-state index contributed by atoms with van der Waals surface area (Å²) in [7, 11) is -3.89. The van der Waals surface area contributed by atoms with Gasteiger partial charge in [-0.1, -0.05) is 29.8 Å². The van der Waals surface area contributed by atoms with E-state index in [1.54, 1.807) is 18.2 Å². The monoisotopic (exact) mass is 386 g/mol. The maximum absolute atomic E-state index is 12.8. The number of halogens is 4. The molecule has 0 atom stereocenters. The molecule has 3 aromatic rings. The predicted molar refractivity (Wildman–Crippen MR) is 85.5 cm³/mol. The van der Waals surface area contributed by atoms with E-state index in [0.717, 1.165) is 4.57 Å². The van der Waals surface area contributed by atoms with Gasteiger partial charge in [0.1, 0.15) is 5.03 Å². The lowest BCUT2D eigenvalue weighted by atomic mass is 10.3. The van der Waals surface area contributed by atoms with E-state index in [4.69, 9.17) is 11.6 Å². The quantitative estimate of drug-likeness (QED) is 0.671. The van der Waals surface area contributed by atoms with Gasteiger partial charge in [0, 0.05) is 12.4 Å². The highest BCUT2D eigenvalue weighted by Gasteiger charge is 2.32. The molecule has 0 aliphatic carbocycles. The lowest BCUT2D eigenvalue weighted by Crippen LogP contribution is -2.11. The van der Waals surface area contributed by atoms with Crippen LogP contribution in [0.5, 0.6) is 0 Å². The molecule has 130 valence electrons. The lowest BCUT2D eigenvalue weighted by Gasteiger charge is -2.13. The van der Waals surface area contributed by atoms with Crippen molar-refractivity contribution in [1.82, 2.24) is 9.55 Å². The molecule has 1 aromatic carbocycles. The van der Waals surface area contributed by atoms with Crippen LogP contribution in [-0.4, -0.2) is 18.0 Å². The van der Waals surface area contributed by atoms with E-state index in [2.05, 4.69) is 4.98 Å². The summed E-state index contributed by atoms with van der Waals surface area (Å²) in [6, 6.07) is 11.2. The van der Waals surface area contributed by atoms with Crippen molar-refractivity contribution in [2.75, 3.05) is 0 Å². The standard InChI is InChI=1S/C16H10ClF3N2O2S/c17-13-9-11(16(18,19)20)10-21-15(13)22-8-4-7-14(22)25(23,24)12-5-2-1-3-6-12/h1-10H. The van der Waals surface area contributed by atoms with Gasteiger partial charge in [-0.3, -0.25) is 4.57 Å². The minimum Gasteiger partial charge on any atom is -0.290 e. The fourth-order valence-corrected chi connectivity index (χ4v) is 3.92. The second-order valence-electron chi connectivity index (χ2n) is 5.06. The van der Waals surface area contributed by atoms with Gasteiger partial charge < -0.3 is 0 Å². The maximum Gasteiger partial charge on any atom is 0.417 e. The molecular weight excluding hydrogens is 377 g/mol. The molecule has 0 radical (unpaired) electrons. The van der Waals surface area contributed by atoms with Crippen LogP contribution in [0.2, 0.25) is 5.02 Å². The topological polar surface area (TPSA) is 52.0 Å². The Hall–Kier alpha value is -2.32. The normalized spacial score (nSPS) is 12.3. The molecule has 0 amide bonds. The number of hydrogen-bond acceptors (Lipinski definition) is 3. The van der Waals surface area contributed by atoms with Gasteiger partial charge in [-0.15, -0.1) is 0 Å². The average molecular weight is 387 g/mol. The Morgan fingerprint density at radius 2 is 1.72 bits per heavy atom. The molecule has 3 rings (SSSR count). The van der Waals surface area contributed by atoms with Crippen LogP contribution >= 0.6 is 11.6 Å². The fraction of sp³-hybridized carbons (Fsp3) is 0.0625. The molecule has 0 N–H and O–H groups in total. The SMILES string of the molecule is O=S(=O)(c1ccccc1)c1cccn1-c1ncc(C(F)(F)F)cc1Cl. The average Bonchev–Trinajstić information content (AvgIpc) is 3.05. The van der Waals surface area contributed by atoms with Crippen molar-refractivity contribution in [2.45, 2.75) is 16.1 Å². The minimum atomic E-state index is -4.59. The molecular formula is C16H10ClF3N2O2S. The number of aromatic nitrogens is 2. The van der Waals surface area contributed by atoms with Crippen LogP contribution in [0.4, 0.5) is 13.2 Å². The molecule has 4 nitrogen and oxygen atoms in total. The first-order valence-electron chi connectivity index (χ1n) is 6.92. The first-order valence-corrected chi connectivity index (χ1v) is 8.78.